The van der Waals surface area contributed by atoms with E-state index in [2.05, 4.69) is 14.5 Å². The summed E-state index contributed by atoms with van der Waals surface area (Å²) in [5.74, 6) is 3.24. The summed E-state index contributed by atoms with van der Waals surface area (Å²) in [7, 11) is 3.68. The number of imidazole rings is 1. The molecular weight excluding hydrogens is 444 g/mol. The molecule has 0 aliphatic carbocycles. The lowest BCUT2D eigenvalue weighted by atomic mass is 10.1. The zero-order valence-corrected chi connectivity index (χ0v) is 20.2. The predicted molar refractivity (Wildman–Crippen MR) is 133 cm³/mol. The first kappa shape index (κ1) is 21.5. The molecule has 1 fully saturated rings. The molecule has 0 spiro atoms. The lowest BCUT2D eigenvalue weighted by molar-refractivity contribution is 0.122. The molecule has 0 radical (unpaired) electrons. The number of methoxy groups -OCH3 is 1. The van der Waals surface area contributed by atoms with Crippen LogP contribution >= 0.6 is 0 Å². The minimum absolute atomic E-state index is 0.672. The number of morpholine rings is 1. The summed E-state index contributed by atoms with van der Waals surface area (Å²) in [6.45, 7) is 6.88. The smallest absolute Gasteiger partial charge is 0.159 e. The molecule has 35 heavy (non-hydrogen) atoms. The summed E-state index contributed by atoms with van der Waals surface area (Å²) >= 11 is 0. The lowest BCUT2D eigenvalue weighted by Crippen LogP contribution is -2.37. The third kappa shape index (κ3) is 3.48. The van der Waals surface area contributed by atoms with Crippen molar-refractivity contribution in [3.05, 3.63) is 48.3 Å². The summed E-state index contributed by atoms with van der Waals surface area (Å²) in [4.78, 5) is 21.2. The fourth-order valence-electron chi connectivity index (χ4n) is 4.63. The Bertz CT molecular complexity index is 1570. The Balaban J connectivity index is 1.57. The van der Waals surface area contributed by atoms with E-state index in [0.29, 0.717) is 13.2 Å². The van der Waals surface area contributed by atoms with Gasteiger partial charge in [-0.2, -0.15) is 5.10 Å². The maximum absolute atomic E-state index is 5.57. The minimum Gasteiger partial charge on any atom is -0.496 e. The average Bonchev–Trinajstić information content (AvgIpc) is 3.45. The Morgan fingerprint density at radius 1 is 1.00 bits per heavy atom. The lowest BCUT2D eigenvalue weighted by Gasteiger charge is -2.28. The third-order valence-corrected chi connectivity index (χ3v) is 6.62. The van der Waals surface area contributed by atoms with Crippen molar-refractivity contribution in [1.29, 1.82) is 0 Å². The van der Waals surface area contributed by atoms with Gasteiger partial charge in [-0.25, -0.2) is 14.6 Å². The van der Waals surface area contributed by atoms with Gasteiger partial charge >= 0.3 is 0 Å². The van der Waals surface area contributed by atoms with Crippen LogP contribution in [0.2, 0.25) is 0 Å². The van der Waals surface area contributed by atoms with E-state index in [-0.39, 0.29) is 0 Å². The van der Waals surface area contributed by atoms with Crippen LogP contribution in [0.15, 0.2) is 36.8 Å². The van der Waals surface area contributed by atoms with Crippen molar-refractivity contribution in [2.75, 3.05) is 38.3 Å². The normalized spacial score (nSPS) is 14.2. The van der Waals surface area contributed by atoms with Gasteiger partial charge in [-0.15, -0.1) is 0 Å². The number of pyridine rings is 3. The van der Waals surface area contributed by atoms with E-state index < -0.39 is 0 Å². The monoisotopic (exact) mass is 470 g/mol. The fourth-order valence-corrected chi connectivity index (χ4v) is 4.63. The highest BCUT2D eigenvalue weighted by molar-refractivity contribution is 5.90. The molecule has 178 valence electrons. The molecule has 10 heteroatoms. The summed E-state index contributed by atoms with van der Waals surface area (Å²) < 4.78 is 15.1. The Morgan fingerprint density at radius 2 is 1.83 bits per heavy atom. The molecule has 5 aromatic rings. The van der Waals surface area contributed by atoms with E-state index in [4.69, 9.17) is 29.5 Å². The molecule has 6 heterocycles. The zero-order valence-electron chi connectivity index (χ0n) is 20.2. The second-order valence-corrected chi connectivity index (χ2v) is 8.65. The molecular formula is C25H26N8O2. The van der Waals surface area contributed by atoms with Crippen LogP contribution < -0.4 is 9.64 Å². The quantitative estimate of drug-likeness (QED) is 0.395. The SMILES string of the molecule is COc1ccncc1-c1cc2c(cnn2-c2cc3c(nc(C)n3C)c(N3CCOCC3)n2)c(C)n1. The predicted octanol–water partition coefficient (Wildman–Crippen LogP) is 3.23. The highest BCUT2D eigenvalue weighted by Crippen LogP contribution is 2.33. The molecule has 0 unspecified atom stereocenters. The molecule has 0 atom stereocenters. The number of aromatic nitrogens is 7. The third-order valence-electron chi connectivity index (χ3n) is 6.62. The number of rotatable bonds is 4. The summed E-state index contributed by atoms with van der Waals surface area (Å²) in [6.07, 6.45) is 5.32. The van der Waals surface area contributed by atoms with Crippen molar-refractivity contribution < 1.29 is 9.47 Å². The van der Waals surface area contributed by atoms with Gasteiger partial charge < -0.3 is 18.9 Å². The average molecular weight is 471 g/mol. The number of ether oxygens (including phenoxy) is 2. The maximum atomic E-state index is 5.57. The summed E-state index contributed by atoms with van der Waals surface area (Å²) in [5, 5.41) is 5.69. The van der Waals surface area contributed by atoms with Gasteiger partial charge in [-0.1, -0.05) is 0 Å². The number of anilines is 1. The first-order valence-corrected chi connectivity index (χ1v) is 11.6. The van der Waals surface area contributed by atoms with Gasteiger partial charge in [0.05, 0.1) is 48.8 Å². The van der Waals surface area contributed by atoms with E-state index in [1.165, 1.54) is 0 Å². The van der Waals surface area contributed by atoms with E-state index in [9.17, 15) is 0 Å². The van der Waals surface area contributed by atoms with Crippen LogP contribution in [0.5, 0.6) is 5.75 Å². The molecule has 10 nitrogen and oxygen atoms in total. The van der Waals surface area contributed by atoms with Crippen molar-refractivity contribution >= 4 is 27.8 Å². The first-order valence-electron chi connectivity index (χ1n) is 11.6. The molecule has 1 saturated heterocycles. The Labute approximate surface area is 202 Å². The second-order valence-electron chi connectivity index (χ2n) is 8.65. The van der Waals surface area contributed by atoms with E-state index in [1.54, 1.807) is 19.5 Å². The highest BCUT2D eigenvalue weighted by Gasteiger charge is 2.22. The molecule has 0 bridgehead atoms. The van der Waals surface area contributed by atoms with Crippen LogP contribution in [-0.4, -0.2) is 67.7 Å². The number of fused-ring (bicyclic) bond motifs is 2. The molecule has 5 aromatic heterocycles. The maximum Gasteiger partial charge on any atom is 0.159 e. The molecule has 1 aliphatic heterocycles. The number of nitrogens with zero attached hydrogens (tertiary/aromatic N) is 8. The summed E-state index contributed by atoms with van der Waals surface area (Å²) in [5.41, 5.74) is 5.29. The molecule has 6 rings (SSSR count). The minimum atomic E-state index is 0.672. The largest absolute Gasteiger partial charge is 0.496 e. The van der Waals surface area contributed by atoms with Crippen molar-refractivity contribution in [1.82, 2.24) is 34.3 Å². The van der Waals surface area contributed by atoms with Crippen LogP contribution in [0.25, 0.3) is 39.0 Å². The molecule has 0 aromatic carbocycles. The van der Waals surface area contributed by atoms with E-state index in [1.807, 2.05) is 50.0 Å². The molecule has 1 aliphatic rings. The van der Waals surface area contributed by atoms with Crippen LogP contribution in [0.1, 0.15) is 11.5 Å². The van der Waals surface area contributed by atoms with Gasteiger partial charge in [0.2, 0.25) is 0 Å². The second kappa shape index (κ2) is 8.31. The topological polar surface area (TPSA) is 96.0 Å². The Kier molecular flexibility index (Phi) is 5.10. The van der Waals surface area contributed by atoms with Gasteiger partial charge in [-0.05, 0) is 26.0 Å². The zero-order chi connectivity index (χ0) is 24.1. The highest BCUT2D eigenvalue weighted by atomic mass is 16.5. The van der Waals surface area contributed by atoms with Crippen molar-refractivity contribution in [2.24, 2.45) is 7.05 Å². The van der Waals surface area contributed by atoms with Crippen LogP contribution in [0.3, 0.4) is 0 Å². The van der Waals surface area contributed by atoms with Crippen molar-refractivity contribution in [2.45, 2.75) is 13.8 Å². The number of hydrogen-bond acceptors (Lipinski definition) is 8. The first-order chi connectivity index (χ1) is 17.0. The van der Waals surface area contributed by atoms with Crippen LogP contribution in [-0.2, 0) is 11.8 Å². The van der Waals surface area contributed by atoms with Crippen LogP contribution in [0, 0.1) is 13.8 Å². The van der Waals surface area contributed by atoms with Crippen LogP contribution in [0.4, 0.5) is 5.82 Å². The van der Waals surface area contributed by atoms with Crippen molar-refractivity contribution in [3.63, 3.8) is 0 Å². The van der Waals surface area contributed by atoms with Gasteiger partial charge in [0.1, 0.15) is 17.1 Å². The molecule has 0 saturated carbocycles. The van der Waals surface area contributed by atoms with Gasteiger partial charge in [0, 0.05) is 49.7 Å². The van der Waals surface area contributed by atoms with Crippen molar-refractivity contribution in [3.8, 4) is 22.8 Å². The van der Waals surface area contributed by atoms with Gasteiger partial charge in [0.25, 0.3) is 0 Å². The van der Waals surface area contributed by atoms with Gasteiger partial charge in [0.15, 0.2) is 11.6 Å². The number of aryl methyl sites for hydroxylation is 3. The van der Waals surface area contributed by atoms with E-state index in [0.717, 1.165) is 75.2 Å². The molecule has 0 N–H and O–H groups in total. The fraction of sp³-hybridized carbons (Fsp3) is 0.320. The van der Waals surface area contributed by atoms with Gasteiger partial charge in [-0.3, -0.25) is 9.97 Å². The molecule has 0 amide bonds. The number of hydrogen-bond donors (Lipinski definition) is 0. The summed E-state index contributed by atoms with van der Waals surface area (Å²) in [6, 6.07) is 5.90. The Morgan fingerprint density at radius 3 is 2.63 bits per heavy atom. The Hall–Kier alpha value is -4.05. The van der Waals surface area contributed by atoms with E-state index >= 15 is 0 Å². The standard InChI is InChI=1S/C25H26N8O2/c1-15-17-14-27-33(20(17)11-19(28-15)18-13-26-6-5-22(18)34-4)23-12-21-24(29-16(2)31(21)3)25(30-23)32-7-9-35-10-8-32/h5-6,11-14H,7-10H2,1-4H3.